The number of ether oxygens (including phenoxy) is 2. The van der Waals surface area contributed by atoms with E-state index in [9.17, 15) is 19.2 Å². The number of carbonyl (C=O) groups excluding carboxylic acids is 2. The van der Waals surface area contributed by atoms with Crippen LogP contribution < -0.4 is 14.8 Å². The number of hydrogen-bond acceptors (Lipinski definition) is 9. The van der Waals surface area contributed by atoms with E-state index in [4.69, 9.17) is 19.7 Å². The summed E-state index contributed by atoms with van der Waals surface area (Å²) in [5.41, 5.74) is 1.79. The van der Waals surface area contributed by atoms with Crippen LogP contribution in [0.5, 0.6) is 11.5 Å². The SMILES string of the molecule is COc1cc2sc(C(=O)C[C@H](C)C(=O)O)cc2cc1CCCNc1cc2cc(C(=O)C[C@H](C)C(=O)O)sc2cc1OC. The maximum atomic E-state index is 12.6. The molecule has 11 heteroatoms. The maximum Gasteiger partial charge on any atom is 0.306 e. The summed E-state index contributed by atoms with van der Waals surface area (Å²) in [6.45, 7) is 3.69. The van der Waals surface area contributed by atoms with Crippen molar-refractivity contribution in [2.45, 2.75) is 39.5 Å². The second-order valence-corrected chi connectivity index (χ2v) is 12.4. The molecule has 42 heavy (non-hydrogen) atoms. The zero-order chi connectivity index (χ0) is 30.6. The molecule has 0 aliphatic heterocycles. The van der Waals surface area contributed by atoms with Gasteiger partial charge in [0.25, 0.3) is 0 Å². The molecule has 4 rings (SSSR count). The minimum Gasteiger partial charge on any atom is -0.496 e. The van der Waals surface area contributed by atoms with Gasteiger partial charge in [-0.1, -0.05) is 13.8 Å². The molecule has 0 unspecified atom stereocenters. The fourth-order valence-electron chi connectivity index (χ4n) is 4.58. The number of aliphatic carboxylic acids is 2. The molecule has 2 aromatic heterocycles. The van der Waals surface area contributed by atoms with E-state index in [1.165, 1.54) is 36.5 Å². The molecule has 0 aliphatic carbocycles. The number of thiophene rings is 2. The Morgan fingerprint density at radius 2 is 1.26 bits per heavy atom. The number of nitrogens with one attached hydrogen (secondary N) is 1. The lowest BCUT2D eigenvalue weighted by molar-refractivity contribution is -0.141. The number of ketones is 2. The van der Waals surface area contributed by atoms with Gasteiger partial charge in [-0.05, 0) is 59.5 Å². The molecule has 9 nitrogen and oxygen atoms in total. The number of methoxy groups -OCH3 is 2. The molecule has 0 fully saturated rings. The fraction of sp³-hybridized carbons (Fsp3) is 0.355. The zero-order valence-electron chi connectivity index (χ0n) is 23.8. The molecule has 0 bridgehead atoms. The van der Waals surface area contributed by atoms with Crippen LogP contribution in [0.4, 0.5) is 5.69 Å². The normalized spacial score (nSPS) is 12.7. The van der Waals surface area contributed by atoms with Crippen molar-refractivity contribution in [3.8, 4) is 11.5 Å². The molecule has 0 radical (unpaired) electrons. The second kappa shape index (κ2) is 13.3. The molecular weight excluding hydrogens is 578 g/mol. The molecule has 3 N–H and O–H groups in total. The standard InChI is InChI=1S/C31H33NO8S2/c1-16(30(35)36)8-22(33)28-12-19-10-18(24(39-3)14-26(19)41-28)6-5-7-32-21-11-20-13-29(23(34)9-17(2)31(37)38)42-27(20)15-25(21)40-4/h10-17,32H,5-9H2,1-4H3,(H,35,36)(H,37,38)/t16-,17-/m0/s1. The number of anilines is 1. The summed E-state index contributed by atoms with van der Waals surface area (Å²) >= 11 is 2.66. The van der Waals surface area contributed by atoms with Gasteiger partial charge in [0.15, 0.2) is 11.6 Å². The average Bonchev–Trinajstić information content (AvgIpc) is 3.57. The summed E-state index contributed by atoms with van der Waals surface area (Å²) in [5, 5.41) is 23.5. The van der Waals surface area contributed by atoms with Gasteiger partial charge in [-0.25, -0.2) is 0 Å². The first-order valence-corrected chi connectivity index (χ1v) is 15.1. The third-order valence-corrected chi connectivity index (χ3v) is 9.35. The Morgan fingerprint density at radius 1 is 0.762 bits per heavy atom. The number of Topliss-reactive ketones (excluding diaryl/α,β-unsaturated/α-hetero) is 2. The van der Waals surface area contributed by atoms with Crippen molar-refractivity contribution in [1.82, 2.24) is 0 Å². The Labute approximate surface area is 251 Å². The van der Waals surface area contributed by atoms with Crippen LogP contribution in [-0.2, 0) is 16.0 Å². The van der Waals surface area contributed by atoms with Crippen LogP contribution in [0.1, 0.15) is 58.0 Å². The van der Waals surface area contributed by atoms with E-state index >= 15 is 0 Å². The van der Waals surface area contributed by atoms with Crippen molar-refractivity contribution in [2.24, 2.45) is 11.8 Å². The lowest BCUT2D eigenvalue weighted by Gasteiger charge is -2.13. The van der Waals surface area contributed by atoms with E-state index in [2.05, 4.69) is 5.32 Å². The minimum absolute atomic E-state index is 0.0417. The van der Waals surface area contributed by atoms with Crippen molar-refractivity contribution in [1.29, 1.82) is 0 Å². The van der Waals surface area contributed by atoms with E-state index in [0.29, 0.717) is 28.5 Å². The Balaban J connectivity index is 1.43. The molecule has 0 aliphatic rings. The Hall–Kier alpha value is -3.96. The van der Waals surface area contributed by atoms with Crippen molar-refractivity contribution < 1.29 is 38.9 Å². The number of rotatable bonds is 15. The summed E-state index contributed by atoms with van der Waals surface area (Å²) in [7, 11) is 3.20. The number of carbonyl (C=O) groups is 4. The van der Waals surface area contributed by atoms with Gasteiger partial charge >= 0.3 is 11.9 Å². The number of carboxylic acids is 2. The summed E-state index contributed by atoms with van der Waals surface area (Å²) in [6.07, 6.45) is 1.40. The van der Waals surface area contributed by atoms with Crippen LogP contribution in [0, 0.1) is 11.8 Å². The summed E-state index contributed by atoms with van der Waals surface area (Å²) in [6, 6.07) is 11.4. The highest BCUT2D eigenvalue weighted by molar-refractivity contribution is 7.21. The first kappa shape index (κ1) is 31.0. The smallest absolute Gasteiger partial charge is 0.306 e. The summed E-state index contributed by atoms with van der Waals surface area (Å²) in [4.78, 5) is 48.6. The molecule has 0 saturated carbocycles. The number of fused-ring (bicyclic) bond motifs is 2. The predicted molar refractivity (Wildman–Crippen MR) is 165 cm³/mol. The Kier molecular flexibility index (Phi) is 9.85. The maximum absolute atomic E-state index is 12.6. The third kappa shape index (κ3) is 7.08. The minimum atomic E-state index is -0.993. The van der Waals surface area contributed by atoms with E-state index in [-0.39, 0.29) is 24.4 Å². The molecule has 0 amide bonds. The van der Waals surface area contributed by atoms with E-state index < -0.39 is 23.8 Å². The molecule has 222 valence electrons. The average molecular weight is 612 g/mol. The molecule has 2 heterocycles. The molecule has 0 saturated heterocycles. The van der Waals surface area contributed by atoms with Crippen molar-refractivity contribution in [2.75, 3.05) is 26.1 Å². The number of aryl methyl sites for hydroxylation is 1. The van der Waals surface area contributed by atoms with Crippen molar-refractivity contribution >= 4 is 72.0 Å². The van der Waals surface area contributed by atoms with E-state index in [1.807, 2.05) is 30.3 Å². The monoisotopic (exact) mass is 611 g/mol. The molecule has 2 aromatic carbocycles. The van der Waals surface area contributed by atoms with Crippen LogP contribution in [0.15, 0.2) is 36.4 Å². The Morgan fingerprint density at radius 3 is 1.76 bits per heavy atom. The van der Waals surface area contributed by atoms with Gasteiger partial charge in [-0.3, -0.25) is 19.2 Å². The Bertz CT molecular complexity index is 1530. The van der Waals surface area contributed by atoms with Crippen LogP contribution in [0.3, 0.4) is 0 Å². The predicted octanol–water partition coefficient (Wildman–Crippen LogP) is 6.76. The molecular formula is C31H33NO8S2. The summed E-state index contributed by atoms with van der Waals surface area (Å²) < 4.78 is 13.0. The van der Waals surface area contributed by atoms with Crippen LogP contribution >= 0.6 is 22.7 Å². The van der Waals surface area contributed by atoms with Gasteiger partial charge < -0.3 is 25.0 Å². The second-order valence-electron chi connectivity index (χ2n) is 10.3. The van der Waals surface area contributed by atoms with E-state index in [1.54, 1.807) is 20.3 Å². The van der Waals surface area contributed by atoms with Gasteiger partial charge in [-0.2, -0.15) is 0 Å². The highest BCUT2D eigenvalue weighted by atomic mass is 32.1. The number of carboxylic acid groups (broad SMARTS) is 2. The van der Waals surface area contributed by atoms with Crippen LogP contribution in [0.25, 0.3) is 20.2 Å². The molecule has 4 aromatic rings. The van der Waals surface area contributed by atoms with Crippen LogP contribution in [0.2, 0.25) is 0 Å². The summed E-state index contributed by atoms with van der Waals surface area (Å²) in [5.74, 6) is -2.46. The lowest BCUT2D eigenvalue weighted by Crippen LogP contribution is -2.13. The molecule has 0 spiro atoms. The first-order chi connectivity index (χ1) is 20.0. The quantitative estimate of drug-likeness (QED) is 0.0982. The largest absolute Gasteiger partial charge is 0.496 e. The zero-order valence-corrected chi connectivity index (χ0v) is 25.4. The van der Waals surface area contributed by atoms with Gasteiger partial charge in [-0.15, -0.1) is 22.7 Å². The van der Waals surface area contributed by atoms with E-state index in [0.717, 1.165) is 43.6 Å². The van der Waals surface area contributed by atoms with Crippen molar-refractivity contribution in [3.63, 3.8) is 0 Å². The highest BCUT2D eigenvalue weighted by Crippen LogP contribution is 2.37. The van der Waals surface area contributed by atoms with Gasteiger partial charge in [0.1, 0.15) is 11.5 Å². The number of benzene rings is 2. The van der Waals surface area contributed by atoms with Gasteiger partial charge in [0.2, 0.25) is 0 Å². The third-order valence-electron chi connectivity index (χ3n) is 7.07. The number of hydrogen-bond donors (Lipinski definition) is 3. The first-order valence-electron chi connectivity index (χ1n) is 13.5. The van der Waals surface area contributed by atoms with Crippen molar-refractivity contribution in [3.05, 3.63) is 51.7 Å². The fourth-order valence-corrected chi connectivity index (χ4v) is 6.63. The van der Waals surface area contributed by atoms with Gasteiger partial charge in [0.05, 0.1) is 41.5 Å². The molecule has 2 atom stereocenters. The van der Waals surface area contributed by atoms with Crippen LogP contribution in [-0.4, -0.2) is 54.5 Å². The highest BCUT2D eigenvalue weighted by Gasteiger charge is 2.21. The van der Waals surface area contributed by atoms with Gasteiger partial charge in [0, 0.05) is 34.9 Å². The lowest BCUT2D eigenvalue weighted by atomic mass is 10.0. The topological polar surface area (TPSA) is 139 Å².